The van der Waals surface area contributed by atoms with Gasteiger partial charge in [0.2, 0.25) is 0 Å². The van der Waals surface area contributed by atoms with Gasteiger partial charge in [0.05, 0.1) is 6.20 Å². The van der Waals surface area contributed by atoms with Crippen LogP contribution in [0, 0.1) is 6.92 Å². The van der Waals surface area contributed by atoms with E-state index >= 15 is 0 Å². The maximum atomic E-state index is 12.5. The van der Waals surface area contributed by atoms with Gasteiger partial charge in [-0.15, -0.1) is 0 Å². The fraction of sp³-hybridized carbons (Fsp3) is 0.316. The van der Waals surface area contributed by atoms with Crippen LogP contribution in [0.15, 0.2) is 47.2 Å². The first kappa shape index (κ1) is 15.6. The summed E-state index contributed by atoms with van der Waals surface area (Å²) in [7, 11) is 0. The van der Waals surface area contributed by atoms with E-state index < -0.39 is 0 Å². The maximum absolute atomic E-state index is 12.5. The lowest BCUT2D eigenvalue weighted by atomic mass is 10.1. The second-order valence-electron chi connectivity index (χ2n) is 6.24. The number of carbonyl (C=O) groups excluding carboxylic acids is 1. The van der Waals surface area contributed by atoms with Gasteiger partial charge in [0, 0.05) is 37.5 Å². The normalized spacial score (nSPS) is 15.5. The van der Waals surface area contributed by atoms with E-state index in [1.807, 2.05) is 35.2 Å². The Kier molecular flexibility index (Phi) is 4.09. The summed E-state index contributed by atoms with van der Waals surface area (Å²) in [6.07, 6.45) is 4.93. The van der Waals surface area contributed by atoms with Crippen LogP contribution in [0.3, 0.4) is 0 Å². The summed E-state index contributed by atoms with van der Waals surface area (Å²) in [5.74, 6) is 1.34. The lowest BCUT2D eigenvalue weighted by molar-refractivity contribution is 0.0596. The van der Waals surface area contributed by atoms with E-state index in [0.717, 1.165) is 29.5 Å². The van der Waals surface area contributed by atoms with Crippen molar-refractivity contribution in [1.82, 2.24) is 15.0 Å². The van der Waals surface area contributed by atoms with Crippen LogP contribution in [0.25, 0.3) is 10.9 Å². The summed E-state index contributed by atoms with van der Waals surface area (Å²) in [4.78, 5) is 18.8. The standard InChI is InChI=1S/C19H19N3O3/c1-13-16(12-21-25-13)19(23)22-10-7-15(8-11-22)24-17-6-2-4-14-5-3-9-20-18(14)17/h2-6,9,12,15H,7-8,10-11H2,1H3. The van der Waals surface area contributed by atoms with Crippen molar-refractivity contribution in [3.05, 3.63) is 54.0 Å². The first-order valence-electron chi connectivity index (χ1n) is 8.43. The molecule has 1 amide bonds. The molecular formula is C19H19N3O3. The number of amides is 1. The van der Waals surface area contributed by atoms with E-state index in [9.17, 15) is 4.79 Å². The fourth-order valence-corrected chi connectivity index (χ4v) is 3.20. The van der Waals surface area contributed by atoms with Gasteiger partial charge in [0.15, 0.2) is 0 Å². The van der Waals surface area contributed by atoms with Crippen LogP contribution in [-0.2, 0) is 0 Å². The number of nitrogens with zero attached hydrogens (tertiary/aromatic N) is 3. The smallest absolute Gasteiger partial charge is 0.259 e. The Morgan fingerprint density at radius 3 is 2.80 bits per heavy atom. The third-order valence-electron chi connectivity index (χ3n) is 4.60. The highest BCUT2D eigenvalue weighted by Gasteiger charge is 2.27. The average Bonchev–Trinajstić information content (AvgIpc) is 3.08. The number of carbonyl (C=O) groups is 1. The molecular weight excluding hydrogens is 318 g/mol. The number of fused-ring (bicyclic) bond motifs is 1. The molecule has 0 unspecified atom stereocenters. The van der Waals surface area contributed by atoms with E-state index in [2.05, 4.69) is 10.1 Å². The van der Waals surface area contributed by atoms with Crippen LogP contribution in [0.5, 0.6) is 5.75 Å². The van der Waals surface area contributed by atoms with Crippen molar-refractivity contribution in [1.29, 1.82) is 0 Å². The Morgan fingerprint density at radius 2 is 2.04 bits per heavy atom. The number of benzene rings is 1. The zero-order valence-corrected chi connectivity index (χ0v) is 14.0. The minimum atomic E-state index is -0.0240. The Bertz CT molecular complexity index is 892. The number of hydrogen-bond acceptors (Lipinski definition) is 5. The Balaban J connectivity index is 1.42. The van der Waals surface area contributed by atoms with E-state index in [4.69, 9.17) is 9.26 Å². The summed E-state index contributed by atoms with van der Waals surface area (Å²) < 4.78 is 11.2. The van der Waals surface area contributed by atoms with Crippen LogP contribution in [0.1, 0.15) is 29.0 Å². The van der Waals surface area contributed by atoms with Crippen LogP contribution in [0.2, 0.25) is 0 Å². The molecule has 0 spiro atoms. The molecule has 0 atom stereocenters. The van der Waals surface area contributed by atoms with Crippen LogP contribution in [-0.4, -0.2) is 40.1 Å². The number of piperidine rings is 1. The van der Waals surface area contributed by atoms with Gasteiger partial charge in [-0.1, -0.05) is 23.4 Å². The second-order valence-corrected chi connectivity index (χ2v) is 6.24. The first-order chi connectivity index (χ1) is 12.2. The van der Waals surface area contributed by atoms with Gasteiger partial charge in [-0.05, 0) is 19.1 Å². The topological polar surface area (TPSA) is 68.5 Å². The van der Waals surface area contributed by atoms with Gasteiger partial charge >= 0.3 is 0 Å². The Morgan fingerprint density at radius 1 is 1.24 bits per heavy atom. The molecule has 0 radical (unpaired) electrons. The summed E-state index contributed by atoms with van der Waals surface area (Å²) in [6, 6.07) is 9.90. The lowest BCUT2D eigenvalue weighted by Crippen LogP contribution is -2.41. The largest absolute Gasteiger partial charge is 0.488 e. The third-order valence-corrected chi connectivity index (χ3v) is 4.60. The molecule has 128 valence electrons. The molecule has 3 aromatic rings. The van der Waals surface area contributed by atoms with Gasteiger partial charge in [0.1, 0.15) is 28.7 Å². The molecule has 0 saturated carbocycles. The van der Waals surface area contributed by atoms with Gasteiger partial charge in [0.25, 0.3) is 5.91 Å². The summed E-state index contributed by atoms with van der Waals surface area (Å²) in [6.45, 7) is 3.07. The summed E-state index contributed by atoms with van der Waals surface area (Å²) in [5, 5.41) is 4.75. The van der Waals surface area contributed by atoms with Crippen molar-refractivity contribution in [3.63, 3.8) is 0 Å². The highest BCUT2D eigenvalue weighted by atomic mass is 16.5. The lowest BCUT2D eigenvalue weighted by Gasteiger charge is -2.32. The monoisotopic (exact) mass is 337 g/mol. The Labute approximate surface area is 145 Å². The number of rotatable bonds is 3. The van der Waals surface area contributed by atoms with E-state index in [0.29, 0.717) is 24.4 Å². The molecule has 25 heavy (non-hydrogen) atoms. The quantitative estimate of drug-likeness (QED) is 0.734. The van der Waals surface area contributed by atoms with Crippen molar-refractivity contribution in [3.8, 4) is 5.75 Å². The molecule has 6 heteroatoms. The minimum absolute atomic E-state index is 0.0240. The second kappa shape index (κ2) is 6.55. The minimum Gasteiger partial charge on any atom is -0.488 e. The predicted octanol–water partition coefficient (Wildman–Crippen LogP) is 3.21. The number of para-hydroxylation sites is 1. The molecule has 1 fully saturated rings. The number of aromatic nitrogens is 2. The van der Waals surface area contributed by atoms with Gasteiger partial charge in [-0.25, -0.2) is 0 Å². The van der Waals surface area contributed by atoms with Crippen LogP contribution < -0.4 is 4.74 Å². The van der Waals surface area contributed by atoms with Crippen molar-refractivity contribution >= 4 is 16.8 Å². The molecule has 1 aliphatic heterocycles. The van der Waals surface area contributed by atoms with E-state index in [-0.39, 0.29) is 12.0 Å². The van der Waals surface area contributed by atoms with Crippen molar-refractivity contribution in [2.24, 2.45) is 0 Å². The highest BCUT2D eigenvalue weighted by molar-refractivity contribution is 5.94. The summed E-state index contributed by atoms with van der Waals surface area (Å²) >= 11 is 0. The Hall–Kier alpha value is -2.89. The maximum Gasteiger partial charge on any atom is 0.259 e. The van der Waals surface area contributed by atoms with Crippen molar-refractivity contribution < 1.29 is 14.1 Å². The molecule has 4 rings (SSSR count). The van der Waals surface area contributed by atoms with Crippen LogP contribution in [0.4, 0.5) is 0 Å². The highest BCUT2D eigenvalue weighted by Crippen LogP contribution is 2.26. The number of pyridine rings is 1. The molecule has 1 aliphatic rings. The fourth-order valence-electron chi connectivity index (χ4n) is 3.20. The van der Waals surface area contributed by atoms with Gasteiger partial charge < -0.3 is 14.2 Å². The zero-order valence-electron chi connectivity index (χ0n) is 14.0. The molecule has 2 aromatic heterocycles. The number of hydrogen-bond donors (Lipinski definition) is 0. The first-order valence-corrected chi connectivity index (χ1v) is 8.43. The average molecular weight is 337 g/mol. The summed E-state index contributed by atoms with van der Waals surface area (Å²) in [5.41, 5.74) is 1.42. The molecule has 0 bridgehead atoms. The van der Waals surface area contributed by atoms with Gasteiger partial charge in [-0.2, -0.15) is 0 Å². The number of aryl methyl sites for hydroxylation is 1. The molecule has 0 N–H and O–H groups in total. The zero-order chi connectivity index (χ0) is 17.2. The molecule has 0 aliphatic carbocycles. The van der Waals surface area contributed by atoms with E-state index in [1.54, 1.807) is 13.1 Å². The molecule has 1 saturated heterocycles. The predicted molar refractivity (Wildman–Crippen MR) is 92.5 cm³/mol. The van der Waals surface area contributed by atoms with E-state index in [1.165, 1.54) is 6.20 Å². The molecule has 1 aromatic carbocycles. The molecule has 6 nitrogen and oxygen atoms in total. The number of likely N-dealkylation sites (tertiary alicyclic amines) is 1. The van der Waals surface area contributed by atoms with Gasteiger partial charge in [-0.3, -0.25) is 9.78 Å². The van der Waals surface area contributed by atoms with Crippen LogP contribution >= 0.6 is 0 Å². The number of ether oxygens (including phenoxy) is 1. The molecule has 3 heterocycles. The SMILES string of the molecule is Cc1oncc1C(=O)N1CCC(Oc2cccc3cccnc23)CC1. The third kappa shape index (κ3) is 3.07. The van der Waals surface area contributed by atoms with Crippen molar-refractivity contribution in [2.75, 3.05) is 13.1 Å². The van der Waals surface area contributed by atoms with Crippen molar-refractivity contribution in [2.45, 2.75) is 25.9 Å².